The van der Waals surface area contributed by atoms with Gasteiger partial charge in [0.1, 0.15) is 11.6 Å². The summed E-state index contributed by atoms with van der Waals surface area (Å²) in [5.41, 5.74) is 1.79. The quantitative estimate of drug-likeness (QED) is 0.833. The van der Waals surface area contributed by atoms with Gasteiger partial charge in [-0.1, -0.05) is 18.2 Å². The highest BCUT2D eigenvalue weighted by atomic mass is 19.1. The third-order valence-corrected chi connectivity index (χ3v) is 4.87. The number of hydrogen-bond donors (Lipinski definition) is 2. The summed E-state index contributed by atoms with van der Waals surface area (Å²) < 4.78 is 13.3. The van der Waals surface area contributed by atoms with Crippen LogP contribution in [-0.4, -0.2) is 47.9 Å². The maximum absolute atomic E-state index is 13.3. The lowest BCUT2D eigenvalue weighted by molar-refractivity contribution is -0.136. The third-order valence-electron chi connectivity index (χ3n) is 4.87. The van der Waals surface area contributed by atoms with E-state index in [0.29, 0.717) is 26.1 Å². The van der Waals surface area contributed by atoms with Gasteiger partial charge in [0.2, 0.25) is 11.8 Å². The van der Waals surface area contributed by atoms with Gasteiger partial charge in [-0.15, -0.1) is 0 Å². The molecule has 0 fully saturated rings. The Hall–Kier alpha value is -2.96. The summed E-state index contributed by atoms with van der Waals surface area (Å²) in [4.78, 5) is 31.2. The minimum Gasteiger partial charge on any atom is -0.368 e. The highest BCUT2D eigenvalue weighted by Gasteiger charge is 2.17. The zero-order valence-corrected chi connectivity index (χ0v) is 16.5. The molecule has 6 nitrogen and oxygen atoms in total. The number of amides is 2. The van der Waals surface area contributed by atoms with Crippen LogP contribution in [0.25, 0.3) is 0 Å². The fraction of sp³-hybridized carbons (Fsp3) is 0.409. The molecule has 0 aliphatic carbocycles. The van der Waals surface area contributed by atoms with Gasteiger partial charge in [0.05, 0.1) is 6.54 Å². The summed E-state index contributed by atoms with van der Waals surface area (Å²) in [5.74, 6) is 0.237. The van der Waals surface area contributed by atoms with Gasteiger partial charge in [-0.2, -0.15) is 0 Å². The van der Waals surface area contributed by atoms with Crippen molar-refractivity contribution in [2.24, 2.45) is 0 Å². The van der Waals surface area contributed by atoms with E-state index in [1.54, 1.807) is 17.0 Å². The summed E-state index contributed by atoms with van der Waals surface area (Å²) in [7, 11) is 0. The zero-order valence-electron chi connectivity index (χ0n) is 16.5. The molecule has 2 heterocycles. The number of halogens is 1. The molecule has 1 aromatic heterocycles. The fourth-order valence-corrected chi connectivity index (χ4v) is 3.34. The number of fused-ring (bicyclic) bond motifs is 2. The Balaban J connectivity index is 1.59. The van der Waals surface area contributed by atoms with Crippen molar-refractivity contribution < 1.29 is 14.0 Å². The second-order valence-corrected chi connectivity index (χ2v) is 7.19. The Morgan fingerprint density at radius 3 is 2.79 bits per heavy atom. The molecular weight excluding hydrogens is 371 g/mol. The number of anilines is 1. The van der Waals surface area contributed by atoms with Crippen LogP contribution in [0.4, 0.5) is 10.2 Å². The molecule has 154 valence electrons. The molecule has 0 saturated carbocycles. The monoisotopic (exact) mass is 398 g/mol. The Bertz CT molecular complexity index is 843. The van der Waals surface area contributed by atoms with E-state index in [1.807, 2.05) is 18.2 Å². The second-order valence-electron chi connectivity index (χ2n) is 7.19. The van der Waals surface area contributed by atoms with Crippen LogP contribution < -0.4 is 10.6 Å². The lowest BCUT2D eigenvalue weighted by atomic mass is 10.1. The van der Waals surface area contributed by atoms with E-state index < -0.39 is 0 Å². The molecule has 2 amide bonds. The molecule has 0 radical (unpaired) electrons. The second kappa shape index (κ2) is 10.5. The Labute approximate surface area is 170 Å². The van der Waals surface area contributed by atoms with E-state index in [-0.39, 0.29) is 30.6 Å². The molecule has 29 heavy (non-hydrogen) atoms. The van der Waals surface area contributed by atoms with E-state index in [2.05, 4.69) is 15.6 Å². The van der Waals surface area contributed by atoms with Crippen LogP contribution >= 0.6 is 0 Å². The van der Waals surface area contributed by atoms with E-state index in [9.17, 15) is 14.0 Å². The maximum Gasteiger partial charge on any atom is 0.239 e. The normalized spacial score (nSPS) is 15.8. The van der Waals surface area contributed by atoms with Crippen LogP contribution in [0.1, 0.15) is 30.5 Å². The van der Waals surface area contributed by atoms with Gasteiger partial charge < -0.3 is 15.5 Å². The number of nitrogens with zero attached hydrogens (tertiary/aromatic N) is 2. The number of benzene rings is 1. The van der Waals surface area contributed by atoms with Crippen LogP contribution in [0.5, 0.6) is 0 Å². The van der Waals surface area contributed by atoms with E-state index in [0.717, 1.165) is 36.3 Å². The first kappa shape index (κ1) is 20.8. The first-order valence-corrected chi connectivity index (χ1v) is 10.1. The van der Waals surface area contributed by atoms with Crippen LogP contribution in [0, 0.1) is 5.82 Å². The number of nitrogens with one attached hydrogen (secondary N) is 2. The van der Waals surface area contributed by atoms with Crippen LogP contribution in [0.3, 0.4) is 0 Å². The van der Waals surface area contributed by atoms with Crippen molar-refractivity contribution in [1.82, 2.24) is 15.2 Å². The molecule has 2 N–H and O–H groups in total. The molecule has 0 spiro atoms. The topological polar surface area (TPSA) is 74.3 Å². The van der Waals surface area contributed by atoms with Gasteiger partial charge in [-0.05, 0) is 55.5 Å². The van der Waals surface area contributed by atoms with Crippen molar-refractivity contribution in [1.29, 1.82) is 0 Å². The lowest BCUT2D eigenvalue weighted by Crippen LogP contribution is -2.42. The summed E-state index contributed by atoms with van der Waals surface area (Å²) in [5, 5.41) is 6.04. The van der Waals surface area contributed by atoms with Gasteiger partial charge in [-0.3, -0.25) is 9.59 Å². The number of hydrogen-bond acceptors (Lipinski definition) is 4. The number of aryl methyl sites for hydroxylation is 2. The molecule has 7 heteroatoms. The number of carbonyl (C=O) groups excluding carboxylic acids is 2. The summed E-state index contributed by atoms with van der Waals surface area (Å²) in [6.45, 7) is 1.59. The smallest absolute Gasteiger partial charge is 0.239 e. The van der Waals surface area contributed by atoms with Crippen molar-refractivity contribution in [2.75, 3.05) is 31.5 Å². The molecule has 1 aromatic carbocycles. The molecule has 0 atom stereocenters. The largest absolute Gasteiger partial charge is 0.368 e. The minimum absolute atomic E-state index is 0.0472. The SMILES string of the molecule is O=C1CN(C(=O)CCc2cccc(F)c2)CCCCc2cccc(n2)NCCN1. The predicted octanol–water partition coefficient (Wildman–Crippen LogP) is 2.55. The lowest BCUT2D eigenvalue weighted by Gasteiger charge is -2.23. The first-order chi connectivity index (χ1) is 14.1. The summed E-state index contributed by atoms with van der Waals surface area (Å²) in [6.07, 6.45) is 3.20. The number of carbonyl (C=O) groups is 2. The van der Waals surface area contributed by atoms with Gasteiger partial charge in [0, 0.05) is 31.7 Å². The molecule has 0 saturated heterocycles. The van der Waals surface area contributed by atoms with Gasteiger partial charge >= 0.3 is 0 Å². The van der Waals surface area contributed by atoms with Crippen molar-refractivity contribution >= 4 is 17.6 Å². The molecule has 2 bridgehead atoms. The van der Waals surface area contributed by atoms with Crippen molar-refractivity contribution in [3.05, 3.63) is 59.5 Å². The summed E-state index contributed by atoms with van der Waals surface area (Å²) in [6, 6.07) is 12.2. The van der Waals surface area contributed by atoms with E-state index in [1.165, 1.54) is 12.1 Å². The molecule has 2 aromatic rings. The highest BCUT2D eigenvalue weighted by Crippen LogP contribution is 2.11. The molecule has 1 aliphatic heterocycles. The molecule has 3 rings (SSSR count). The van der Waals surface area contributed by atoms with E-state index in [4.69, 9.17) is 0 Å². The minimum atomic E-state index is -0.307. The van der Waals surface area contributed by atoms with Gasteiger partial charge in [-0.25, -0.2) is 9.37 Å². The summed E-state index contributed by atoms with van der Waals surface area (Å²) >= 11 is 0. The standard InChI is InChI=1S/C22H27FN4O2/c23-18-6-3-5-17(15-18)10-11-22(29)27-14-2-1-7-19-8-4-9-20(26-19)24-12-13-25-21(28)16-27/h3-6,8-9,15H,1-2,7,10-14,16H2,(H,24,26)(H,25,28). The highest BCUT2D eigenvalue weighted by molar-refractivity contribution is 5.84. The number of aromatic nitrogens is 1. The predicted molar refractivity (Wildman–Crippen MR) is 110 cm³/mol. The van der Waals surface area contributed by atoms with Crippen molar-refractivity contribution in [2.45, 2.75) is 32.1 Å². The number of rotatable bonds is 3. The van der Waals surface area contributed by atoms with Gasteiger partial charge in [0.15, 0.2) is 0 Å². The molecular formula is C22H27FN4O2. The maximum atomic E-state index is 13.3. The van der Waals surface area contributed by atoms with E-state index >= 15 is 0 Å². The van der Waals surface area contributed by atoms with Gasteiger partial charge in [0.25, 0.3) is 0 Å². The van der Waals surface area contributed by atoms with Crippen molar-refractivity contribution in [3.63, 3.8) is 0 Å². The molecule has 0 unspecified atom stereocenters. The average molecular weight is 398 g/mol. The van der Waals surface area contributed by atoms with Crippen LogP contribution in [0.2, 0.25) is 0 Å². The van der Waals surface area contributed by atoms with Crippen LogP contribution in [0.15, 0.2) is 42.5 Å². The Morgan fingerprint density at radius 1 is 1.10 bits per heavy atom. The average Bonchev–Trinajstić information content (AvgIpc) is 2.71. The third kappa shape index (κ3) is 6.85. The van der Waals surface area contributed by atoms with Crippen molar-refractivity contribution in [3.8, 4) is 0 Å². The van der Waals surface area contributed by atoms with Crippen LogP contribution in [-0.2, 0) is 22.4 Å². The fourth-order valence-electron chi connectivity index (χ4n) is 3.34. The molecule has 1 aliphatic rings. The first-order valence-electron chi connectivity index (χ1n) is 10.1. The Kier molecular flexibility index (Phi) is 7.55. The zero-order chi connectivity index (χ0) is 20.5. The number of pyridine rings is 1. The Morgan fingerprint density at radius 2 is 1.93 bits per heavy atom.